The number of ether oxygens (including phenoxy) is 1. The molecule has 1 atom stereocenters. The van der Waals surface area contributed by atoms with Gasteiger partial charge in [-0.15, -0.1) is 0 Å². The Bertz CT molecular complexity index is 865. The fourth-order valence-electron chi connectivity index (χ4n) is 3.30. The van der Waals surface area contributed by atoms with Gasteiger partial charge in [0.25, 0.3) is 0 Å². The van der Waals surface area contributed by atoms with E-state index in [0.717, 1.165) is 17.7 Å². The van der Waals surface area contributed by atoms with Gasteiger partial charge < -0.3 is 20.3 Å². The molecule has 2 aromatic rings. The molecule has 0 aliphatic carbocycles. The van der Waals surface area contributed by atoms with Crippen LogP contribution in [-0.2, 0) is 16.0 Å². The normalized spacial score (nSPS) is 16.6. The van der Waals surface area contributed by atoms with E-state index < -0.39 is 0 Å². The van der Waals surface area contributed by atoms with Crippen LogP contribution in [-0.4, -0.2) is 51.1 Å². The van der Waals surface area contributed by atoms with Gasteiger partial charge in [0.1, 0.15) is 0 Å². The molecule has 1 amide bonds. The molecule has 7 nitrogen and oxygen atoms in total. The highest BCUT2D eigenvalue weighted by Crippen LogP contribution is 2.20. The van der Waals surface area contributed by atoms with Crippen molar-refractivity contribution >= 4 is 23.5 Å². The third-order valence-electron chi connectivity index (χ3n) is 4.84. The summed E-state index contributed by atoms with van der Waals surface area (Å²) in [6, 6.07) is 17.0. The first-order valence-electron chi connectivity index (χ1n) is 9.60. The van der Waals surface area contributed by atoms with Crippen LogP contribution in [0.25, 0.3) is 0 Å². The molecule has 2 aromatic carbocycles. The predicted octanol–water partition coefficient (Wildman–Crippen LogP) is 1.99. The number of para-hydroxylation sites is 1. The smallest absolute Gasteiger partial charge is 0.337 e. The van der Waals surface area contributed by atoms with E-state index in [9.17, 15) is 9.59 Å². The maximum Gasteiger partial charge on any atom is 0.337 e. The van der Waals surface area contributed by atoms with E-state index in [-0.39, 0.29) is 17.9 Å². The van der Waals surface area contributed by atoms with Crippen LogP contribution in [0.2, 0.25) is 0 Å². The van der Waals surface area contributed by atoms with Crippen molar-refractivity contribution in [3.63, 3.8) is 0 Å². The lowest BCUT2D eigenvalue weighted by Gasteiger charge is -2.19. The molecule has 1 heterocycles. The van der Waals surface area contributed by atoms with Crippen LogP contribution in [0.5, 0.6) is 0 Å². The van der Waals surface area contributed by atoms with Crippen LogP contribution in [0.15, 0.2) is 59.6 Å². The zero-order valence-corrected chi connectivity index (χ0v) is 16.7. The van der Waals surface area contributed by atoms with Crippen molar-refractivity contribution in [2.24, 2.45) is 4.99 Å². The first-order valence-corrected chi connectivity index (χ1v) is 9.60. The number of rotatable bonds is 6. The Hall–Kier alpha value is -3.35. The third-order valence-corrected chi connectivity index (χ3v) is 4.84. The minimum Gasteiger partial charge on any atom is -0.465 e. The zero-order valence-electron chi connectivity index (χ0n) is 16.7. The number of esters is 1. The molecule has 7 heteroatoms. The highest BCUT2D eigenvalue weighted by atomic mass is 16.5. The minimum absolute atomic E-state index is 0.00764. The molecule has 1 unspecified atom stereocenters. The van der Waals surface area contributed by atoms with Crippen LogP contribution in [0.3, 0.4) is 0 Å². The monoisotopic (exact) mass is 394 g/mol. The number of hydrogen-bond donors (Lipinski definition) is 2. The van der Waals surface area contributed by atoms with Gasteiger partial charge in [-0.1, -0.05) is 30.3 Å². The molecule has 0 radical (unpaired) electrons. The van der Waals surface area contributed by atoms with Crippen LogP contribution in [0.4, 0.5) is 5.69 Å². The fourth-order valence-corrected chi connectivity index (χ4v) is 3.30. The van der Waals surface area contributed by atoms with Crippen LogP contribution in [0, 0.1) is 0 Å². The molecule has 1 saturated heterocycles. The maximum atomic E-state index is 12.3. The van der Waals surface area contributed by atoms with E-state index in [1.54, 1.807) is 24.1 Å². The van der Waals surface area contributed by atoms with Crippen molar-refractivity contribution in [3.05, 3.63) is 65.7 Å². The summed E-state index contributed by atoms with van der Waals surface area (Å²) < 4.78 is 4.71. The van der Waals surface area contributed by atoms with E-state index in [1.807, 2.05) is 42.5 Å². The predicted molar refractivity (Wildman–Crippen MR) is 113 cm³/mol. The van der Waals surface area contributed by atoms with E-state index >= 15 is 0 Å². The Morgan fingerprint density at radius 2 is 1.90 bits per heavy atom. The second kappa shape index (κ2) is 9.73. The van der Waals surface area contributed by atoms with Gasteiger partial charge in [-0.3, -0.25) is 9.79 Å². The molecule has 1 fully saturated rings. The highest BCUT2D eigenvalue weighted by molar-refractivity contribution is 5.97. The summed E-state index contributed by atoms with van der Waals surface area (Å²) in [4.78, 5) is 29.9. The van der Waals surface area contributed by atoms with Crippen LogP contribution >= 0.6 is 0 Å². The number of nitrogens with one attached hydrogen (secondary N) is 2. The molecule has 1 aliphatic heterocycles. The number of methoxy groups -OCH3 is 1. The summed E-state index contributed by atoms with van der Waals surface area (Å²) >= 11 is 0. The molecular weight excluding hydrogens is 368 g/mol. The van der Waals surface area contributed by atoms with E-state index in [1.165, 1.54) is 7.11 Å². The molecule has 152 valence electrons. The summed E-state index contributed by atoms with van der Waals surface area (Å²) in [6.45, 7) is 1.29. The third kappa shape index (κ3) is 5.34. The van der Waals surface area contributed by atoms with E-state index in [2.05, 4.69) is 15.6 Å². The molecule has 29 heavy (non-hydrogen) atoms. The van der Waals surface area contributed by atoms with Crippen molar-refractivity contribution in [3.8, 4) is 0 Å². The second-order valence-electron chi connectivity index (χ2n) is 6.82. The topological polar surface area (TPSA) is 83.0 Å². The lowest BCUT2D eigenvalue weighted by molar-refractivity contribution is -0.117. The Morgan fingerprint density at radius 3 is 2.55 bits per heavy atom. The summed E-state index contributed by atoms with van der Waals surface area (Å²) in [5.74, 6) is 0.439. The van der Waals surface area contributed by atoms with Gasteiger partial charge in [-0.05, 0) is 36.2 Å². The molecule has 1 aliphatic rings. The summed E-state index contributed by atoms with van der Waals surface area (Å²) in [5, 5.41) is 6.61. The molecule has 0 spiro atoms. The SMILES string of the molecule is CN=C(NCCc1ccc(C(=O)OC)cc1)NC1CC(=O)N(c2ccccc2)C1. The van der Waals surface area contributed by atoms with Gasteiger partial charge in [0.05, 0.1) is 18.7 Å². The number of benzene rings is 2. The quantitative estimate of drug-likeness (QED) is 0.445. The van der Waals surface area contributed by atoms with Gasteiger partial charge in [0.15, 0.2) is 5.96 Å². The van der Waals surface area contributed by atoms with Crippen molar-refractivity contribution in [2.45, 2.75) is 18.9 Å². The number of aliphatic imine (C=N–C) groups is 1. The summed E-state index contributed by atoms with van der Waals surface area (Å²) in [7, 11) is 3.09. The molecule has 0 saturated carbocycles. The highest BCUT2D eigenvalue weighted by Gasteiger charge is 2.30. The molecule has 0 bridgehead atoms. The first kappa shape index (κ1) is 20.4. The van der Waals surface area contributed by atoms with Gasteiger partial charge >= 0.3 is 5.97 Å². The largest absolute Gasteiger partial charge is 0.465 e. The maximum absolute atomic E-state index is 12.3. The molecule has 0 aromatic heterocycles. The number of amides is 1. The average Bonchev–Trinajstić information content (AvgIpc) is 3.13. The number of guanidine groups is 1. The fraction of sp³-hybridized carbons (Fsp3) is 0.318. The zero-order chi connectivity index (χ0) is 20.6. The minimum atomic E-state index is -0.338. The van der Waals surface area contributed by atoms with Gasteiger partial charge in [0.2, 0.25) is 5.91 Å². The Balaban J connectivity index is 1.47. The molecule has 3 rings (SSSR count). The Labute approximate surface area is 170 Å². The number of nitrogens with zero attached hydrogens (tertiary/aromatic N) is 2. The van der Waals surface area contributed by atoms with Crippen molar-refractivity contribution < 1.29 is 14.3 Å². The number of anilines is 1. The molecule has 2 N–H and O–H groups in total. The second-order valence-corrected chi connectivity index (χ2v) is 6.82. The average molecular weight is 394 g/mol. The number of carbonyl (C=O) groups excluding carboxylic acids is 2. The Kier molecular flexibility index (Phi) is 6.84. The number of carbonyl (C=O) groups is 2. The summed E-state index contributed by atoms with van der Waals surface area (Å²) in [6.07, 6.45) is 1.21. The van der Waals surface area contributed by atoms with Gasteiger partial charge in [-0.2, -0.15) is 0 Å². The number of hydrogen-bond acceptors (Lipinski definition) is 4. The van der Waals surface area contributed by atoms with E-state index in [0.29, 0.717) is 31.0 Å². The Morgan fingerprint density at radius 1 is 1.17 bits per heavy atom. The summed E-state index contributed by atoms with van der Waals surface area (Å²) in [5.41, 5.74) is 2.56. The standard InChI is InChI=1S/C22H26N4O3/c1-23-22(24-13-12-16-8-10-17(11-9-16)21(28)29-2)25-18-14-20(27)26(15-18)19-6-4-3-5-7-19/h3-11,18H,12-15H2,1-2H3,(H2,23,24,25). The van der Waals surface area contributed by atoms with Crippen molar-refractivity contribution in [2.75, 3.05) is 32.1 Å². The van der Waals surface area contributed by atoms with Crippen molar-refractivity contribution in [1.82, 2.24) is 10.6 Å². The van der Waals surface area contributed by atoms with Gasteiger partial charge in [-0.25, -0.2) is 4.79 Å². The molecular formula is C22H26N4O3. The van der Waals surface area contributed by atoms with Crippen LogP contribution in [0.1, 0.15) is 22.3 Å². The lowest BCUT2D eigenvalue weighted by atomic mass is 10.1. The van der Waals surface area contributed by atoms with Crippen molar-refractivity contribution in [1.29, 1.82) is 0 Å². The van der Waals surface area contributed by atoms with E-state index in [4.69, 9.17) is 4.74 Å². The van der Waals surface area contributed by atoms with Gasteiger partial charge in [0, 0.05) is 32.2 Å². The first-order chi connectivity index (χ1) is 14.1. The lowest BCUT2D eigenvalue weighted by Crippen LogP contribution is -2.45. The van der Waals surface area contributed by atoms with Crippen LogP contribution < -0.4 is 15.5 Å².